The average molecular weight is 308 g/mol. The summed E-state index contributed by atoms with van der Waals surface area (Å²) in [6.45, 7) is 0. The number of fused-ring (bicyclic) bond motifs is 2. The third kappa shape index (κ3) is 1.86. The van der Waals surface area contributed by atoms with Crippen molar-refractivity contribution in [1.82, 2.24) is 0 Å². The van der Waals surface area contributed by atoms with Gasteiger partial charge in [-0.3, -0.25) is 0 Å². The fourth-order valence-electron chi connectivity index (χ4n) is 2.93. The summed E-state index contributed by atoms with van der Waals surface area (Å²) in [4.78, 5) is 0. The molecule has 0 radical (unpaired) electrons. The minimum absolute atomic E-state index is 0.0668. The Kier molecular flexibility index (Phi) is 3.17. The molecule has 0 fully saturated rings. The van der Waals surface area contributed by atoms with Crippen LogP contribution in [0.5, 0.6) is 0 Å². The smallest absolute Gasteiger partial charge is 0.139 e. The Morgan fingerprint density at radius 2 is 1.00 bits per heavy atom. The summed E-state index contributed by atoms with van der Waals surface area (Å²) >= 11 is 0. The van der Waals surface area contributed by atoms with Gasteiger partial charge in [-0.2, -0.15) is 21.0 Å². The van der Waals surface area contributed by atoms with E-state index in [-0.39, 0.29) is 11.1 Å². The van der Waals surface area contributed by atoms with E-state index in [9.17, 15) is 0 Å². The van der Waals surface area contributed by atoms with E-state index >= 15 is 0 Å². The van der Waals surface area contributed by atoms with E-state index in [0.29, 0.717) is 44.8 Å². The molecule has 24 heavy (non-hydrogen) atoms. The maximum Gasteiger partial charge on any atom is 0.139 e. The lowest BCUT2D eigenvalue weighted by atomic mass is 9.94. The highest BCUT2D eigenvalue weighted by Gasteiger charge is 2.27. The van der Waals surface area contributed by atoms with E-state index in [2.05, 4.69) is 0 Å². The molecule has 0 spiro atoms. The molecule has 0 aliphatic heterocycles. The molecule has 6 nitrogen and oxygen atoms in total. The Hall–Kier alpha value is -4.26. The third-order valence-corrected chi connectivity index (χ3v) is 3.91. The van der Waals surface area contributed by atoms with Crippen molar-refractivity contribution >= 4 is 23.3 Å². The molecular formula is C18H8N6. The molecule has 3 rings (SSSR count). The normalized spacial score (nSPS) is 13.5. The SMILES string of the molecule is N#CC(C#N)=C1C(N)=Cc2cc3c(cc21)C=C(N)C3=C(C#N)C#N. The summed E-state index contributed by atoms with van der Waals surface area (Å²) in [5.74, 6) is 0. The molecule has 0 saturated heterocycles. The molecule has 0 bridgehead atoms. The van der Waals surface area contributed by atoms with Gasteiger partial charge in [-0.05, 0) is 46.5 Å². The van der Waals surface area contributed by atoms with Crippen molar-refractivity contribution in [2.24, 2.45) is 11.5 Å². The van der Waals surface area contributed by atoms with E-state index in [1.165, 1.54) is 0 Å². The first-order valence-electron chi connectivity index (χ1n) is 6.78. The summed E-state index contributed by atoms with van der Waals surface area (Å²) in [6.07, 6.45) is 3.31. The number of allylic oxidation sites excluding steroid dienone is 4. The Labute approximate surface area is 137 Å². The number of nitriles is 4. The van der Waals surface area contributed by atoms with Crippen molar-refractivity contribution in [3.63, 3.8) is 0 Å². The molecule has 2 aliphatic carbocycles. The van der Waals surface area contributed by atoms with E-state index in [1.54, 1.807) is 24.3 Å². The van der Waals surface area contributed by atoms with Crippen LogP contribution in [0.3, 0.4) is 0 Å². The molecule has 0 atom stereocenters. The maximum atomic E-state index is 9.12. The van der Waals surface area contributed by atoms with E-state index in [1.807, 2.05) is 24.3 Å². The molecule has 4 N–H and O–H groups in total. The molecule has 0 amide bonds. The van der Waals surface area contributed by atoms with Crippen LogP contribution < -0.4 is 11.5 Å². The first kappa shape index (κ1) is 14.7. The van der Waals surface area contributed by atoms with Gasteiger partial charge in [0.1, 0.15) is 35.4 Å². The van der Waals surface area contributed by atoms with Crippen molar-refractivity contribution in [1.29, 1.82) is 21.0 Å². The molecule has 0 unspecified atom stereocenters. The highest BCUT2D eigenvalue weighted by Crippen LogP contribution is 2.42. The molecule has 110 valence electrons. The van der Waals surface area contributed by atoms with Crippen LogP contribution in [0.2, 0.25) is 0 Å². The Morgan fingerprint density at radius 1 is 0.667 bits per heavy atom. The Morgan fingerprint density at radius 3 is 1.29 bits per heavy atom. The fraction of sp³-hybridized carbons (Fsp3) is 0. The van der Waals surface area contributed by atoms with Crippen LogP contribution >= 0.6 is 0 Å². The van der Waals surface area contributed by atoms with Gasteiger partial charge in [-0.25, -0.2) is 0 Å². The molecule has 0 saturated carbocycles. The van der Waals surface area contributed by atoms with Crippen LogP contribution in [0, 0.1) is 45.3 Å². The second kappa shape index (κ2) is 5.18. The van der Waals surface area contributed by atoms with Crippen molar-refractivity contribution in [3.05, 3.63) is 56.9 Å². The molecule has 6 heteroatoms. The number of hydrogen-bond acceptors (Lipinski definition) is 6. The predicted molar refractivity (Wildman–Crippen MR) is 87.1 cm³/mol. The molecule has 0 heterocycles. The summed E-state index contributed by atoms with van der Waals surface area (Å²) in [7, 11) is 0. The van der Waals surface area contributed by atoms with Gasteiger partial charge >= 0.3 is 0 Å². The number of hydrogen-bond donors (Lipinski definition) is 2. The van der Waals surface area contributed by atoms with Crippen molar-refractivity contribution in [2.75, 3.05) is 0 Å². The van der Waals surface area contributed by atoms with Gasteiger partial charge in [0.05, 0.1) is 0 Å². The molecule has 2 aliphatic rings. The molecule has 0 aromatic heterocycles. The van der Waals surface area contributed by atoms with Crippen molar-refractivity contribution in [3.8, 4) is 24.3 Å². The van der Waals surface area contributed by atoms with Gasteiger partial charge in [0, 0.05) is 22.5 Å². The number of nitrogens with two attached hydrogens (primary N) is 2. The first-order chi connectivity index (χ1) is 11.5. The standard InChI is InChI=1S/C18H8N6/c19-5-11(6-20)17-13-1-9-3-15(23)18(12(7-21)8-22)14(9)2-10(13)4-16(17)24/h1-4H,23-24H2. The van der Waals surface area contributed by atoms with Crippen LogP contribution in [-0.4, -0.2) is 0 Å². The van der Waals surface area contributed by atoms with Gasteiger partial charge in [0.25, 0.3) is 0 Å². The summed E-state index contributed by atoms with van der Waals surface area (Å²) in [5.41, 5.74) is 16.0. The lowest BCUT2D eigenvalue weighted by molar-refractivity contribution is 1.42. The van der Waals surface area contributed by atoms with E-state index in [0.717, 1.165) is 0 Å². The van der Waals surface area contributed by atoms with Gasteiger partial charge in [0.15, 0.2) is 0 Å². The van der Waals surface area contributed by atoms with Crippen molar-refractivity contribution in [2.45, 2.75) is 0 Å². The monoisotopic (exact) mass is 308 g/mol. The zero-order valence-corrected chi connectivity index (χ0v) is 12.3. The van der Waals surface area contributed by atoms with Gasteiger partial charge in [0.2, 0.25) is 0 Å². The molecule has 1 aromatic carbocycles. The summed E-state index contributed by atoms with van der Waals surface area (Å²) in [6, 6.07) is 10.9. The quantitative estimate of drug-likeness (QED) is 0.699. The highest BCUT2D eigenvalue weighted by atomic mass is 14.6. The lowest BCUT2D eigenvalue weighted by Gasteiger charge is -2.08. The van der Waals surface area contributed by atoms with Crippen LogP contribution in [-0.2, 0) is 0 Å². The fourth-order valence-corrected chi connectivity index (χ4v) is 2.93. The second-order valence-electron chi connectivity index (χ2n) is 5.17. The van der Waals surface area contributed by atoms with Crippen molar-refractivity contribution < 1.29 is 0 Å². The summed E-state index contributed by atoms with van der Waals surface area (Å²) in [5, 5.41) is 36.5. The van der Waals surface area contributed by atoms with Gasteiger partial charge < -0.3 is 11.5 Å². The number of nitrogens with zero attached hydrogens (tertiary/aromatic N) is 4. The maximum absolute atomic E-state index is 9.12. The van der Waals surface area contributed by atoms with Crippen LogP contribution in [0.15, 0.2) is 34.7 Å². The third-order valence-electron chi connectivity index (χ3n) is 3.91. The van der Waals surface area contributed by atoms with Crippen LogP contribution in [0.1, 0.15) is 22.3 Å². The van der Waals surface area contributed by atoms with Crippen LogP contribution in [0.25, 0.3) is 23.3 Å². The second-order valence-corrected chi connectivity index (χ2v) is 5.17. The summed E-state index contributed by atoms with van der Waals surface area (Å²) < 4.78 is 0. The van der Waals surface area contributed by atoms with Gasteiger partial charge in [-0.1, -0.05) is 0 Å². The van der Waals surface area contributed by atoms with E-state index < -0.39 is 0 Å². The minimum Gasteiger partial charge on any atom is -0.398 e. The minimum atomic E-state index is -0.0668. The zero-order chi connectivity index (χ0) is 17.4. The average Bonchev–Trinajstić information content (AvgIpc) is 3.05. The van der Waals surface area contributed by atoms with Gasteiger partial charge in [-0.15, -0.1) is 0 Å². The largest absolute Gasteiger partial charge is 0.398 e. The first-order valence-corrected chi connectivity index (χ1v) is 6.78. The zero-order valence-electron chi connectivity index (χ0n) is 12.3. The van der Waals surface area contributed by atoms with Crippen LogP contribution in [0.4, 0.5) is 0 Å². The number of rotatable bonds is 0. The Bertz CT molecular complexity index is 977. The lowest BCUT2D eigenvalue weighted by Crippen LogP contribution is -1.99. The molecule has 1 aromatic rings. The highest BCUT2D eigenvalue weighted by molar-refractivity contribution is 6.03. The predicted octanol–water partition coefficient (Wildman–Crippen LogP) is 1.91. The number of benzene rings is 1. The Balaban J connectivity index is 2.34. The topological polar surface area (TPSA) is 147 Å². The molecular weight excluding hydrogens is 300 g/mol. The van der Waals surface area contributed by atoms with E-state index in [4.69, 9.17) is 32.5 Å².